The number of nitrogens with zero attached hydrogens (tertiary/aromatic N) is 1. The van der Waals surface area contributed by atoms with Gasteiger partial charge in [-0.15, -0.1) is 0 Å². The van der Waals surface area contributed by atoms with E-state index < -0.39 is 31.5 Å². The van der Waals surface area contributed by atoms with E-state index in [0.717, 1.165) is 5.56 Å². The highest BCUT2D eigenvalue weighted by Gasteiger charge is 2.23. The summed E-state index contributed by atoms with van der Waals surface area (Å²) in [5, 5.41) is 2.55. The first-order valence-corrected chi connectivity index (χ1v) is 13.6. The third kappa shape index (κ3) is 7.31. The van der Waals surface area contributed by atoms with Crippen LogP contribution in [-0.2, 0) is 31.1 Å². The molecule has 0 radical (unpaired) electrons. The summed E-state index contributed by atoms with van der Waals surface area (Å²) >= 11 is 6.09. The maximum absolute atomic E-state index is 12.7. The third-order valence-corrected chi connectivity index (χ3v) is 8.66. The third-order valence-electron chi connectivity index (χ3n) is 4.67. The number of rotatable bonds is 11. The molecule has 0 saturated carbocycles. The van der Waals surface area contributed by atoms with Crippen molar-refractivity contribution in [2.24, 2.45) is 0 Å². The molecule has 0 aliphatic heterocycles. The molecular formula is C21H27ClN2O5S2. The van der Waals surface area contributed by atoms with Crippen molar-refractivity contribution in [1.29, 1.82) is 0 Å². The number of aryl methyl sites for hydroxylation is 1. The Kier molecular flexibility index (Phi) is 9.05. The number of benzene rings is 2. The molecule has 10 heteroatoms. The van der Waals surface area contributed by atoms with Gasteiger partial charge < -0.3 is 5.32 Å². The number of carbonyl (C=O) groups is 1. The molecule has 1 amide bonds. The molecule has 0 aromatic heterocycles. The summed E-state index contributed by atoms with van der Waals surface area (Å²) in [7, 11) is -7.37. The van der Waals surface area contributed by atoms with Crippen molar-refractivity contribution < 1.29 is 21.6 Å². The van der Waals surface area contributed by atoms with Gasteiger partial charge in [0.15, 0.2) is 9.84 Å². The summed E-state index contributed by atoms with van der Waals surface area (Å²) in [6, 6.07) is 13.5. The Morgan fingerprint density at radius 1 is 1.00 bits per heavy atom. The fourth-order valence-electron chi connectivity index (χ4n) is 3.07. The van der Waals surface area contributed by atoms with Crippen molar-refractivity contribution in [2.75, 3.05) is 29.9 Å². The molecule has 0 fully saturated rings. The second-order valence-electron chi connectivity index (χ2n) is 6.96. The quantitative estimate of drug-likeness (QED) is 0.524. The van der Waals surface area contributed by atoms with Crippen molar-refractivity contribution >= 4 is 43.1 Å². The fraction of sp³-hybridized carbons (Fsp3) is 0.381. The Bertz CT molecular complexity index is 1100. The van der Waals surface area contributed by atoms with Gasteiger partial charge in [0.2, 0.25) is 15.9 Å². The van der Waals surface area contributed by atoms with E-state index in [0.29, 0.717) is 25.9 Å². The van der Waals surface area contributed by atoms with Gasteiger partial charge in [0.25, 0.3) is 0 Å². The average molecular weight is 487 g/mol. The number of sulfone groups is 1. The second kappa shape index (κ2) is 11.1. The van der Waals surface area contributed by atoms with Crippen LogP contribution in [0.5, 0.6) is 0 Å². The molecule has 7 nitrogen and oxygen atoms in total. The van der Waals surface area contributed by atoms with Gasteiger partial charge in [0.1, 0.15) is 5.75 Å². The molecule has 0 atom stereocenters. The van der Waals surface area contributed by atoms with Gasteiger partial charge >= 0.3 is 0 Å². The van der Waals surface area contributed by atoms with E-state index >= 15 is 0 Å². The zero-order valence-electron chi connectivity index (χ0n) is 17.5. The second-order valence-corrected chi connectivity index (χ2v) is 11.5. The van der Waals surface area contributed by atoms with Crippen molar-refractivity contribution in [3.63, 3.8) is 0 Å². The van der Waals surface area contributed by atoms with Gasteiger partial charge in [-0.1, -0.05) is 55.8 Å². The molecule has 0 heterocycles. The molecule has 2 aromatic rings. The van der Waals surface area contributed by atoms with E-state index in [1.165, 1.54) is 22.5 Å². The lowest BCUT2D eigenvalue weighted by molar-refractivity contribution is -0.113. The van der Waals surface area contributed by atoms with Gasteiger partial charge in [0, 0.05) is 13.1 Å². The molecule has 0 spiro atoms. The minimum Gasteiger partial charge on any atom is -0.324 e. The summed E-state index contributed by atoms with van der Waals surface area (Å²) in [5.74, 6) is -1.59. The first-order chi connectivity index (χ1) is 14.6. The van der Waals surface area contributed by atoms with Gasteiger partial charge in [-0.3, -0.25) is 4.79 Å². The average Bonchev–Trinajstić information content (AvgIpc) is 2.70. The van der Waals surface area contributed by atoms with Crippen LogP contribution in [0.1, 0.15) is 25.8 Å². The van der Waals surface area contributed by atoms with Crippen molar-refractivity contribution in [3.05, 3.63) is 59.1 Å². The van der Waals surface area contributed by atoms with Crippen LogP contribution in [0.3, 0.4) is 0 Å². The summed E-state index contributed by atoms with van der Waals surface area (Å²) in [4.78, 5) is 12.3. The van der Waals surface area contributed by atoms with E-state index in [2.05, 4.69) is 5.32 Å². The van der Waals surface area contributed by atoms with Crippen LogP contribution in [0.4, 0.5) is 5.69 Å². The summed E-state index contributed by atoms with van der Waals surface area (Å²) in [5.41, 5.74) is 1.08. The molecule has 170 valence electrons. The highest BCUT2D eigenvalue weighted by Crippen LogP contribution is 2.27. The summed E-state index contributed by atoms with van der Waals surface area (Å²) in [6.45, 7) is 4.04. The monoisotopic (exact) mass is 486 g/mol. The molecule has 0 unspecified atom stereocenters. The first-order valence-electron chi connectivity index (χ1n) is 9.93. The number of amides is 1. The molecule has 0 aliphatic rings. The molecule has 0 aliphatic carbocycles. The van der Waals surface area contributed by atoms with E-state index in [9.17, 15) is 21.6 Å². The summed E-state index contributed by atoms with van der Waals surface area (Å²) < 4.78 is 51.2. The molecular weight excluding hydrogens is 460 g/mol. The standard InChI is InChI=1S/C21H27ClN2O5S2/c1-3-24(4-2)31(28,29)18-12-13-19(22)20(15-18)23-21(25)16-30(26,27)14-8-11-17-9-6-5-7-10-17/h5-7,9-10,12-13,15H,3-4,8,11,14,16H2,1-2H3,(H,23,25). The van der Waals surface area contributed by atoms with Crippen LogP contribution >= 0.6 is 11.6 Å². The van der Waals surface area contributed by atoms with Gasteiger partial charge in [-0.2, -0.15) is 4.31 Å². The summed E-state index contributed by atoms with van der Waals surface area (Å²) in [6.07, 6.45) is 0.997. The van der Waals surface area contributed by atoms with Crippen LogP contribution < -0.4 is 5.32 Å². The number of halogens is 1. The Balaban J connectivity index is 2.04. The van der Waals surface area contributed by atoms with E-state index in [1.807, 2.05) is 30.3 Å². The zero-order chi connectivity index (χ0) is 23.1. The lowest BCUT2D eigenvalue weighted by Crippen LogP contribution is -2.30. The Hall–Kier alpha value is -1.94. The maximum Gasteiger partial charge on any atom is 0.243 e. The SMILES string of the molecule is CCN(CC)S(=O)(=O)c1ccc(Cl)c(NC(=O)CS(=O)(=O)CCCc2ccccc2)c1. The Morgan fingerprint density at radius 3 is 2.26 bits per heavy atom. The topological polar surface area (TPSA) is 101 Å². The van der Waals surface area contributed by atoms with Crippen molar-refractivity contribution in [1.82, 2.24) is 4.31 Å². The molecule has 0 bridgehead atoms. The zero-order valence-corrected chi connectivity index (χ0v) is 19.9. The van der Waals surface area contributed by atoms with E-state index in [-0.39, 0.29) is 21.4 Å². The lowest BCUT2D eigenvalue weighted by Gasteiger charge is -2.19. The molecule has 31 heavy (non-hydrogen) atoms. The van der Waals surface area contributed by atoms with Crippen LogP contribution in [-0.4, -0.2) is 51.6 Å². The minimum absolute atomic E-state index is 0.0263. The largest absolute Gasteiger partial charge is 0.324 e. The number of nitrogens with one attached hydrogen (secondary N) is 1. The smallest absolute Gasteiger partial charge is 0.243 e. The van der Waals surface area contributed by atoms with Crippen LogP contribution in [0.15, 0.2) is 53.4 Å². The molecule has 2 rings (SSSR count). The van der Waals surface area contributed by atoms with Crippen LogP contribution in [0.2, 0.25) is 5.02 Å². The minimum atomic E-state index is -3.74. The number of anilines is 1. The fourth-order valence-corrected chi connectivity index (χ4v) is 5.92. The molecule has 1 N–H and O–H groups in total. The van der Waals surface area contributed by atoms with Crippen molar-refractivity contribution in [2.45, 2.75) is 31.6 Å². The Morgan fingerprint density at radius 2 is 1.65 bits per heavy atom. The van der Waals surface area contributed by atoms with Crippen LogP contribution in [0.25, 0.3) is 0 Å². The van der Waals surface area contributed by atoms with Gasteiger partial charge in [-0.25, -0.2) is 16.8 Å². The maximum atomic E-state index is 12.7. The number of hydrogen-bond acceptors (Lipinski definition) is 5. The van der Waals surface area contributed by atoms with Gasteiger partial charge in [-0.05, 0) is 36.6 Å². The predicted molar refractivity (Wildman–Crippen MR) is 124 cm³/mol. The first kappa shape index (κ1) is 25.3. The normalized spacial score (nSPS) is 12.1. The number of hydrogen-bond donors (Lipinski definition) is 1. The predicted octanol–water partition coefficient (Wildman–Crippen LogP) is 3.36. The molecule has 0 saturated heterocycles. The Labute approximate surface area is 189 Å². The van der Waals surface area contributed by atoms with Crippen LogP contribution in [0, 0.1) is 0 Å². The highest BCUT2D eigenvalue weighted by atomic mass is 35.5. The van der Waals surface area contributed by atoms with E-state index in [1.54, 1.807) is 13.8 Å². The van der Waals surface area contributed by atoms with Gasteiger partial charge in [0.05, 0.1) is 21.4 Å². The number of carbonyl (C=O) groups excluding carboxylic acids is 1. The molecule has 2 aromatic carbocycles. The van der Waals surface area contributed by atoms with E-state index in [4.69, 9.17) is 11.6 Å². The lowest BCUT2D eigenvalue weighted by atomic mass is 10.1. The van der Waals surface area contributed by atoms with Crippen molar-refractivity contribution in [3.8, 4) is 0 Å². The number of sulfonamides is 1. The highest BCUT2D eigenvalue weighted by molar-refractivity contribution is 7.92.